The van der Waals surface area contributed by atoms with Crippen molar-refractivity contribution in [3.8, 4) is 0 Å². The van der Waals surface area contributed by atoms with E-state index in [0.717, 1.165) is 11.8 Å². The quantitative estimate of drug-likeness (QED) is 0.793. The van der Waals surface area contributed by atoms with Gasteiger partial charge in [0, 0.05) is 12.7 Å². The SMILES string of the molecule is O=S(=O)(/C=C/N1CCCOC1=S)c1ccccc1. The minimum atomic E-state index is -3.42. The van der Waals surface area contributed by atoms with Crippen molar-refractivity contribution < 1.29 is 13.2 Å². The smallest absolute Gasteiger partial charge is 0.263 e. The molecule has 1 aliphatic rings. The van der Waals surface area contributed by atoms with E-state index in [1.165, 1.54) is 6.20 Å². The topological polar surface area (TPSA) is 46.6 Å². The molecule has 0 saturated carbocycles. The van der Waals surface area contributed by atoms with Gasteiger partial charge in [-0.2, -0.15) is 0 Å². The van der Waals surface area contributed by atoms with Crippen molar-refractivity contribution in [1.82, 2.24) is 4.90 Å². The number of nitrogens with zero attached hydrogens (tertiary/aromatic N) is 1. The third-order valence-corrected chi connectivity index (χ3v) is 4.26. The molecule has 1 fully saturated rings. The van der Waals surface area contributed by atoms with Crippen molar-refractivity contribution in [2.45, 2.75) is 11.3 Å². The van der Waals surface area contributed by atoms with Gasteiger partial charge < -0.3 is 9.64 Å². The molecule has 1 saturated heterocycles. The van der Waals surface area contributed by atoms with Gasteiger partial charge in [-0.25, -0.2) is 8.42 Å². The molecule has 1 aromatic carbocycles. The Kier molecular flexibility index (Phi) is 3.98. The van der Waals surface area contributed by atoms with Crippen LogP contribution in [0.25, 0.3) is 0 Å². The fraction of sp³-hybridized carbons (Fsp3) is 0.250. The zero-order valence-corrected chi connectivity index (χ0v) is 11.3. The van der Waals surface area contributed by atoms with Gasteiger partial charge in [-0.05, 0) is 30.8 Å². The van der Waals surface area contributed by atoms with E-state index < -0.39 is 9.84 Å². The number of sulfone groups is 1. The van der Waals surface area contributed by atoms with Gasteiger partial charge in [0.25, 0.3) is 5.17 Å². The Morgan fingerprint density at radius 2 is 2.00 bits per heavy atom. The first kappa shape index (κ1) is 13.0. The number of rotatable bonds is 3. The lowest BCUT2D eigenvalue weighted by Gasteiger charge is -2.25. The predicted octanol–water partition coefficient (Wildman–Crippen LogP) is 1.94. The van der Waals surface area contributed by atoms with Gasteiger partial charge >= 0.3 is 0 Å². The average molecular weight is 283 g/mol. The predicted molar refractivity (Wildman–Crippen MR) is 72.6 cm³/mol. The van der Waals surface area contributed by atoms with E-state index in [1.807, 2.05) is 0 Å². The molecular weight excluding hydrogens is 270 g/mol. The van der Waals surface area contributed by atoms with Gasteiger partial charge in [0.2, 0.25) is 9.84 Å². The van der Waals surface area contributed by atoms with Crippen LogP contribution in [-0.4, -0.2) is 31.6 Å². The third kappa shape index (κ3) is 3.08. The first-order chi connectivity index (χ1) is 8.59. The summed E-state index contributed by atoms with van der Waals surface area (Å²) in [6, 6.07) is 8.27. The second-order valence-electron chi connectivity index (χ2n) is 3.80. The molecule has 0 amide bonds. The highest BCUT2D eigenvalue weighted by Crippen LogP contribution is 2.13. The summed E-state index contributed by atoms with van der Waals surface area (Å²) in [6.07, 6.45) is 2.29. The van der Waals surface area contributed by atoms with Crippen molar-refractivity contribution >= 4 is 27.2 Å². The fourth-order valence-corrected chi connectivity index (χ4v) is 2.78. The molecule has 2 rings (SSSR count). The Labute approximate surface area is 112 Å². The Balaban J connectivity index is 2.15. The largest absolute Gasteiger partial charge is 0.471 e. The van der Waals surface area contributed by atoms with Crippen LogP contribution in [0.15, 0.2) is 46.8 Å². The summed E-state index contributed by atoms with van der Waals surface area (Å²) in [5.41, 5.74) is 0. The molecular formula is C12H13NO3S2. The highest BCUT2D eigenvalue weighted by atomic mass is 32.2. The van der Waals surface area contributed by atoms with Crippen LogP contribution in [0.4, 0.5) is 0 Å². The van der Waals surface area contributed by atoms with Crippen molar-refractivity contribution in [2.75, 3.05) is 13.2 Å². The fourth-order valence-electron chi connectivity index (χ4n) is 1.55. The summed E-state index contributed by atoms with van der Waals surface area (Å²) in [5, 5.41) is 1.48. The lowest BCUT2D eigenvalue weighted by atomic mass is 10.4. The molecule has 18 heavy (non-hydrogen) atoms. The molecule has 4 nitrogen and oxygen atoms in total. The summed E-state index contributed by atoms with van der Waals surface area (Å²) >= 11 is 4.99. The van der Waals surface area contributed by atoms with Crippen LogP contribution in [0.3, 0.4) is 0 Å². The molecule has 0 unspecified atom stereocenters. The van der Waals surface area contributed by atoms with E-state index in [-0.39, 0.29) is 4.90 Å². The van der Waals surface area contributed by atoms with E-state index in [9.17, 15) is 8.42 Å². The minimum absolute atomic E-state index is 0.269. The molecule has 1 aromatic rings. The monoisotopic (exact) mass is 283 g/mol. The highest BCUT2D eigenvalue weighted by molar-refractivity contribution is 7.94. The molecule has 1 heterocycles. The highest BCUT2D eigenvalue weighted by Gasteiger charge is 2.15. The lowest BCUT2D eigenvalue weighted by Crippen LogP contribution is -2.33. The summed E-state index contributed by atoms with van der Waals surface area (Å²) in [7, 11) is -3.42. The summed E-state index contributed by atoms with van der Waals surface area (Å²) < 4.78 is 29.1. The van der Waals surface area contributed by atoms with Gasteiger partial charge in [-0.3, -0.25) is 0 Å². The number of benzene rings is 1. The maximum absolute atomic E-state index is 12.0. The number of hydrogen-bond donors (Lipinski definition) is 0. The first-order valence-electron chi connectivity index (χ1n) is 5.51. The van der Waals surface area contributed by atoms with Crippen LogP contribution in [-0.2, 0) is 14.6 Å². The number of hydrogen-bond acceptors (Lipinski definition) is 4. The second-order valence-corrected chi connectivity index (χ2v) is 5.99. The van der Waals surface area contributed by atoms with Gasteiger partial charge in [0.1, 0.15) is 0 Å². The second kappa shape index (κ2) is 5.49. The first-order valence-corrected chi connectivity index (χ1v) is 7.47. The molecule has 0 atom stereocenters. The van der Waals surface area contributed by atoms with E-state index in [1.54, 1.807) is 35.2 Å². The summed E-state index contributed by atoms with van der Waals surface area (Å²) in [5.74, 6) is 0. The normalized spacial score (nSPS) is 16.9. The number of thiocarbonyl (C=S) groups is 1. The van der Waals surface area contributed by atoms with Crippen LogP contribution in [0, 0.1) is 0 Å². The third-order valence-electron chi connectivity index (χ3n) is 2.50. The van der Waals surface area contributed by atoms with Crippen LogP contribution < -0.4 is 0 Å². The van der Waals surface area contributed by atoms with Crippen molar-refractivity contribution in [3.63, 3.8) is 0 Å². The van der Waals surface area contributed by atoms with Gasteiger partial charge in [0.15, 0.2) is 0 Å². The molecule has 0 spiro atoms. The van der Waals surface area contributed by atoms with E-state index in [2.05, 4.69) is 0 Å². The molecule has 0 aliphatic carbocycles. The van der Waals surface area contributed by atoms with Crippen LogP contribution in [0.1, 0.15) is 6.42 Å². The minimum Gasteiger partial charge on any atom is -0.471 e. The molecule has 1 aliphatic heterocycles. The van der Waals surface area contributed by atoms with E-state index >= 15 is 0 Å². The molecule has 0 bridgehead atoms. The van der Waals surface area contributed by atoms with Crippen molar-refractivity contribution in [2.24, 2.45) is 0 Å². The standard InChI is InChI=1S/C12H13NO3S2/c14-18(15,11-5-2-1-3-6-11)10-8-13-7-4-9-16-12(13)17/h1-3,5-6,8,10H,4,7,9H2/b10-8+. The van der Waals surface area contributed by atoms with E-state index in [4.69, 9.17) is 17.0 Å². The summed E-state index contributed by atoms with van der Waals surface area (Å²) in [4.78, 5) is 1.89. The maximum atomic E-state index is 12.0. The van der Waals surface area contributed by atoms with Crippen LogP contribution >= 0.6 is 12.2 Å². The maximum Gasteiger partial charge on any atom is 0.263 e. The van der Waals surface area contributed by atoms with Crippen LogP contribution in [0.5, 0.6) is 0 Å². The van der Waals surface area contributed by atoms with Gasteiger partial charge in [-0.1, -0.05) is 18.2 Å². The Hall–Kier alpha value is -1.40. The van der Waals surface area contributed by atoms with Gasteiger partial charge in [0.05, 0.1) is 16.9 Å². The Morgan fingerprint density at radius 1 is 1.28 bits per heavy atom. The van der Waals surface area contributed by atoms with Crippen molar-refractivity contribution in [1.29, 1.82) is 0 Å². The number of ether oxygens (including phenoxy) is 1. The Bertz CT molecular complexity index is 552. The molecule has 0 radical (unpaired) electrons. The van der Waals surface area contributed by atoms with Crippen LogP contribution in [0.2, 0.25) is 0 Å². The Morgan fingerprint density at radius 3 is 2.67 bits per heavy atom. The van der Waals surface area contributed by atoms with Gasteiger partial charge in [-0.15, -0.1) is 0 Å². The van der Waals surface area contributed by atoms with Crippen molar-refractivity contribution in [3.05, 3.63) is 41.9 Å². The summed E-state index contributed by atoms with van der Waals surface area (Å²) in [6.45, 7) is 1.27. The molecule has 6 heteroatoms. The van der Waals surface area contributed by atoms with E-state index in [0.29, 0.717) is 18.3 Å². The molecule has 0 aromatic heterocycles. The zero-order chi connectivity index (χ0) is 13.0. The molecule has 96 valence electrons. The zero-order valence-electron chi connectivity index (χ0n) is 9.65. The average Bonchev–Trinajstić information content (AvgIpc) is 2.39. The molecule has 0 N–H and O–H groups in total. The lowest BCUT2D eigenvalue weighted by molar-refractivity contribution is 0.213.